The number of ketones is 1. The lowest BCUT2D eigenvalue weighted by Crippen LogP contribution is -2.33. The van der Waals surface area contributed by atoms with E-state index < -0.39 is 0 Å². The number of Topliss-reactive ketones (excluding diaryl/α,β-unsaturated/α-hetero) is 1. The second-order valence-corrected chi connectivity index (χ2v) is 5.42. The molecule has 2 unspecified atom stereocenters. The predicted octanol–water partition coefficient (Wildman–Crippen LogP) is 2.81. The van der Waals surface area contributed by atoms with Gasteiger partial charge in [-0.25, -0.2) is 0 Å². The largest absolute Gasteiger partial charge is 0.370 e. The van der Waals surface area contributed by atoms with Crippen LogP contribution in [0, 0.1) is 17.8 Å². The average molecular weight is 210 g/mol. The van der Waals surface area contributed by atoms with Crippen LogP contribution in [0.25, 0.3) is 0 Å². The van der Waals surface area contributed by atoms with Crippen molar-refractivity contribution in [3.05, 3.63) is 0 Å². The van der Waals surface area contributed by atoms with Gasteiger partial charge in [-0.3, -0.25) is 4.79 Å². The molecule has 1 saturated carbocycles. The van der Waals surface area contributed by atoms with E-state index in [0.29, 0.717) is 17.6 Å². The second-order valence-electron chi connectivity index (χ2n) is 5.42. The van der Waals surface area contributed by atoms with Crippen molar-refractivity contribution in [1.29, 1.82) is 0 Å². The monoisotopic (exact) mass is 210 g/mol. The molecule has 2 fully saturated rings. The predicted molar refractivity (Wildman–Crippen MR) is 59.7 cm³/mol. The van der Waals surface area contributed by atoms with Crippen molar-refractivity contribution in [3.63, 3.8) is 0 Å². The minimum Gasteiger partial charge on any atom is -0.370 e. The molecule has 2 atom stereocenters. The lowest BCUT2D eigenvalue weighted by atomic mass is 9.78. The first-order chi connectivity index (χ1) is 7.18. The Kier molecular flexibility index (Phi) is 3.45. The maximum Gasteiger partial charge on any atom is 0.164 e. The van der Waals surface area contributed by atoms with E-state index >= 15 is 0 Å². The summed E-state index contributed by atoms with van der Waals surface area (Å²) < 4.78 is 5.56. The van der Waals surface area contributed by atoms with Crippen LogP contribution in [0.15, 0.2) is 0 Å². The van der Waals surface area contributed by atoms with E-state index in [1.807, 2.05) is 0 Å². The third-order valence-electron chi connectivity index (χ3n) is 4.09. The summed E-state index contributed by atoms with van der Waals surface area (Å²) >= 11 is 0. The molecule has 1 aliphatic heterocycles. The van der Waals surface area contributed by atoms with Crippen LogP contribution >= 0.6 is 0 Å². The highest BCUT2D eigenvalue weighted by Gasteiger charge is 2.36. The third-order valence-corrected chi connectivity index (χ3v) is 4.09. The van der Waals surface area contributed by atoms with E-state index in [2.05, 4.69) is 13.8 Å². The molecule has 0 aromatic carbocycles. The second kappa shape index (κ2) is 4.65. The van der Waals surface area contributed by atoms with Gasteiger partial charge in [0.15, 0.2) is 5.78 Å². The number of carbonyl (C=O) groups is 1. The van der Waals surface area contributed by atoms with Gasteiger partial charge < -0.3 is 4.74 Å². The Bertz CT molecular complexity index is 229. The molecule has 0 aromatic heterocycles. The maximum absolute atomic E-state index is 12.2. The van der Waals surface area contributed by atoms with Gasteiger partial charge in [0.25, 0.3) is 0 Å². The summed E-state index contributed by atoms with van der Waals surface area (Å²) in [5.74, 6) is 1.95. The van der Waals surface area contributed by atoms with Crippen LogP contribution in [0.1, 0.15) is 46.0 Å². The lowest BCUT2D eigenvalue weighted by Gasteiger charge is -2.27. The zero-order chi connectivity index (χ0) is 10.8. The van der Waals surface area contributed by atoms with Crippen LogP contribution in [-0.2, 0) is 9.53 Å². The molecule has 0 bridgehead atoms. The molecule has 2 aliphatic rings. The van der Waals surface area contributed by atoms with Crippen LogP contribution in [0.2, 0.25) is 0 Å². The zero-order valence-electron chi connectivity index (χ0n) is 9.87. The Labute approximate surface area is 92.4 Å². The van der Waals surface area contributed by atoms with E-state index in [1.54, 1.807) is 0 Å². The highest BCUT2D eigenvalue weighted by Crippen LogP contribution is 2.32. The number of carbonyl (C=O) groups excluding carboxylic acids is 1. The van der Waals surface area contributed by atoms with Crippen LogP contribution in [0.5, 0.6) is 0 Å². The molecule has 2 rings (SSSR count). The van der Waals surface area contributed by atoms with Crippen molar-refractivity contribution in [2.24, 2.45) is 17.8 Å². The van der Waals surface area contributed by atoms with E-state index in [1.165, 1.54) is 12.8 Å². The van der Waals surface area contributed by atoms with Gasteiger partial charge in [0.05, 0.1) is 0 Å². The van der Waals surface area contributed by atoms with Gasteiger partial charge in [0, 0.05) is 12.5 Å². The summed E-state index contributed by atoms with van der Waals surface area (Å²) in [6.45, 7) is 5.21. The summed E-state index contributed by atoms with van der Waals surface area (Å²) in [5, 5.41) is 0. The van der Waals surface area contributed by atoms with Crippen molar-refractivity contribution >= 4 is 5.78 Å². The van der Waals surface area contributed by atoms with Gasteiger partial charge in [-0.05, 0) is 31.1 Å². The highest BCUT2D eigenvalue weighted by molar-refractivity contribution is 5.86. The fourth-order valence-electron chi connectivity index (χ4n) is 2.84. The maximum atomic E-state index is 12.2. The number of ether oxygens (including phenoxy) is 1. The molecule has 1 aliphatic carbocycles. The third kappa shape index (κ3) is 2.41. The van der Waals surface area contributed by atoms with Crippen molar-refractivity contribution < 1.29 is 9.53 Å². The molecule has 0 spiro atoms. The van der Waals surface area contributed by atoms with Crippen LogP contribution in [-0.4, -0.2) is 18.5 Å². The molecule has 2 heteroatoms. The molecule has 2 nitrogen and oxygen atoms in total. The fourth-order valence-corrected chi connectivity index (χ4v) is 2.84. The van der Waals surface area contributed by atoms with E-state index in [0.717, 1.165) is 31.8 Å². The molecule has 0 radical (unpaired) electrons. The molecule has 1 saturated heterocycles. The topological polar surface area (TPSA) is 26.3 Å². The molecule has 0 N–H and O–H groups in total. The zero-order valence-corrected chi connectivity index (χ0v) is 9.87. The molecule has 86 valence electrons. The van der Waals surface area contributed by atoms with Gasteiger partial charge in [-0.1, -0.05) is 26.7 Å². The van der Waals surface area contributed by atoms with Crippen LogP contribution in [0.3, 0.4) is 0 Å². The Hall–Kier alpha value is -0.370. The van der Waals surface area contributed by atoms with Gasteiger partial charge in [-0.15, -0.1) is 0 Å². The molecule has 0 aromatic rings. The molecular formula is C13H22O2. The van der Waals surface area contributed by atoms with Crippen molar-refractivity contribution in [3.8, 4) is 0 Å². The minimum absolute atomic E-state index is 0.0802. The van der Waals surface area contributed by atoms with E-state index in [9.17, 15) is 4.79 Å². The summed E-state index contributed by atoms with van der Waals surface area (Å²) in [7, 11) is 0. The lowest BCUT2D eigenvalue weighted by molar-refractivity contribution is -0.134. The van der Waals surface area contributed by atoms with Crippen LogP contribution in [0.4, 0.5) is 0 Å². The first kappa shape index (κ1) is 11.1. The van der Waals surface area contributed by atoms with Crippen molar-refractivity contribution in [1.82, 2.24) is 0 Å². The van der Waals surface area contributed by atoms with Gasteiger partial charge in [-0.2, -0.15) is 0 Å². The normalized spacial score (nSPS) is 41.7. The van der Waals surface area contributed by atoms with Gasteiger partial charge in [0.1, 0.15) is 6.10 Å². The molecular weight excluding hydrogens is 188 g/mol. The average Bonchev–Trinajstić information content (AvgIpc) is 2.65. The standard InChI is InChI=1S/C13H22O2/c1-9-3-5-11(6-4-9)12(14)13-10(2)7-8-15-13/h9-11,13H,3-8H2,1-2H3. The molecule has 1 heterocycles. The summed E-state index contributed by atoms with van der Waals surface area (Å²) in [6, 6.07) is 0. The molecule has 15 heavy (non-hydrogen) atoms. The quantitative estimate of drug-likeness (QED) is 0.700. The summed E-state index contributed by atoms with van der Waals surface area (Å²) in [5.41, 5.74) is 0. The number of hydrogen-bond acceptors (Lipinski definition) is 2. The molecule has 0 amide bonds. The summed E-state index contributed by atoms with van der Waals surface area (Å²) in [4.78, 5) is 12.2. The Morgan fingerprint density at radius 2 is 1.73 bits per heavy atom. The van der Waals surface area contributed by atoms with E-state index in [-0.39, 0.29) is 6.10 Å². The highest BCUT2D eigenvalue weighted by atomic mass is 16.5. The van der Waals surface area contributed by atoms with Gasteiger partial charge >= 0.3 is 0 Å². The Balaban J connectivity index is 1.90. The Morgan fingerprint density at radius 3 is 2.27 bits per heavy atom. The minimum atomic E-state index is -0.0802. The van der Waals surface area contributed by atoms with Gasteiger partial charge in [0.2, 0.25) is 0 Å². The van der Waals surface area contributed by atoms with Crippen molar-refractivity contribution in [2.45, 2.75) is 52.1 Å². The Morgan fingerprint density at radius 1 is 1.07 bits per heavy atom. The fraction of sp³-hybridized carbons (Fsp3) is 0.923. The number of hydrogen-bond donors (Lipinski definition) is 0. The number of rotatable bonds is 2. The van der Waals surface area contributed by atoms with Crippen LogP contribution < -0.4 is 0 Å². The SMILES string of the molecule is CC1CCC(C(=O)C2OCCC2C)CC1. The first-order valence-electron chi connectivity index (χ1n) is 6.34. The van der Waals surface area contributed by atoms with Crippen molar-refractivity contribution in [2.75, 3.05) is 6.61 Å². The smallest absolute Gasteiger partial charge is 0.164 e. The first-order valence-corrected chi connectivity index (χ1v) is 6.34. The van der Waals surface area contributed by atoms with E-state index in [4.69, 9.17) is 4.74 Å². The summed E-state index contributed by atoms with van der Waals surface area (Å²) in [6.07, 6.45) is 5.59.